The van der Waals surface area contributed by atoms with Gasteiger partial charge in [-0.25, -0.2) is 0 Å². The molecule has 1 rings (SSSR count). The summed E-state index contributed by atoms with van der Waals surface area (Å²) in [6, 6.07) is 2.28. The molecule has 0 amide bonds. The Bertz CT molecular complexity index is 522. The number of hydrogen-bond donors (Lipinski definition) is 1. The number of hydrogen-bond acceptors (Lipinski definition) is 3. The highest BCUT2D eigenvalue weighted by Crippen LogP contribution is 2.20. The number of ether oxygens (including phenoxy) is 1. The van der Waals surface area contributed by atoms with E-state index in [4.69, 9.17) is 10.5 Å². The number of anilines is 1. The van der Waals surface area contributed by atoms with Gasteiger partial charge in [0.1, 0.15) is 5.60 Å². The van der Waals surface area contributed by atoms with E-state index in [1.807, 2.05) is 0 Å². The van der Waals surface area contributed by atoms with E-state index in [1.165, 1.54) is 13.0 Å². The summed E-state index contributed by atoms with van der Waals surface area (Å²) < 4.78 is 43.8. The molecular weight excluding hydrogens is 270 g/mol. The van der Waals surface area contributed by atoms with Crippen molar-refractivity contribution in [1.82, 2.24) is 0 Å². The van der Waals surface area contributed by atoms with Crippen LogP contribution < -0.4 is 11.2 Å². The number of nitrogen functional groups attached to an aromatic ring is 1. The highest BCUT2D eigenvalue weighted by molar-refractivity contribution is 6.74. The zero-order valence-corrected chi connectivity index (χ0v) is 12.0. The van der Waals surface area contributed by atoms with E-state index in [1.54, 1.807) is 20.8 Å². The molecule has 20 heavy (non-hydrogen) atoms. The quantitative estimate of drug-likeness (QED) is 0.528. The summed E-state index contributed by atoms with van der Waals surface area (Å²) in [5.41, 5.74) is 4.31. The van der Waals surface area contributed by atoms with Crippen molar-refractivity contribution < 1.29 is 22.5 Å². The Morgan fingerprint density at radius 1 is 1.30 bits per heavy atom. The molecule has 0 radical (unpaired) electrons. The van der Waals surface area contributed by atoms with Gasteiger partial charge in [-0.3, -0.25) is 4.79 Å². The van der Waals surface area contributed by atoms with Gasteiger partial charge in [0.05, 0.1) is 6.42 Å². The molecule has 0 bridgehead atoms. The maximum atomic E-state index is 12.9. The van der Waals surface area contributed by atoms with Gasteiger partial charge in [0.25, 0.3) is 0 Å². The third-order valence-electron chi connectivity index (χ3n) is 2.69. The van der Waals surface area contributed by atoms with Crippen LogP contribution in [-0.4, -0.2) is 18.5 Å². The third kappa shape index (κ3) is 4.47. The lowest BCUT2D eigenvalue weighted by Gasteiger charge is -2.23. The Morgan fingerprint density at radius 3 is 2.30 bits per heavy atom. The monoisotopic (exact) mass is 288 g/mol. The zero-order valence-electron chi connectivity index (χ0n) is 12.0. The first-order valence-corrected chi connectivity index (χ1v) is 6.21. The Kier molecular flexibility index (Phi) is 4.41. The highest BCUT2D eigenvalue weighted by Gasteiger charge is 2.29. The van der Waals surface area contributed by atoms with E-state index in [-0.39, 0.29) is 23.2 Å². The number of rotatable bonds is 3. The topological polar surface area (TPSA) is 52.3 Å². The molecule has 3 nitrogen and oxygen atoms in total. The maximum Gasteiger partial charge on any atom is 0.509 e. The highest BCUT2D eigenvalue weighted by atomic mass is 19.4. The van der Waals surface area contributed by atoms with Gasteiger partial charge in [0.2, 0.25) is 0 Å². The molecule has 2 N–H and O–H groups in total. The van der Waals surface area contributed by atoms with E-state index in [9.17, 15) is 17.7 Å². The SMILES string of the molecule is Cc1c(CC(=O)OC(C)(C)C)cc(N)cc1[B-](F)(F)F. The molecule has 0 aliphatic carbocycles. The number of carbonyl (C=O) groups is 1. The second-order valence-electron chi connectivity index (χ2n) is 5.73. The molecule has 0 aromatic heterocycles. The van der Waals surface area contributed by atoms with Crippen molar-refractivity contribution in [2.45, 2.75) is 39.7 Å². The molecule has 0 atom stereocenters. The summed E-state index contributed by atoms with van der Waals surface area (Å²) >= 11 is 0. The molecule has 0 saturated heterocycles. The summed E-state index contributed by atoms with van der Waals surface area (Å²) in [5, 5.41) is 0. The smallest absolute Gasteiger partial charge is 0.460 e. The number of nitrogens with two attached hydrogens (primary N) is 1. The molecule has 0 unspecified atom stereocenters. The molecule has 112 valence electrons. The van der Waals surface area contributed by atoms with Crippen LogP contribution in [0.1, 0.15) is 31.9 Å². The van der Waals surface area contributed by atoms with Crippen molar-refractivity contribution in [3.8, 4) is 0 Å². The molecule has 7 heteroatoms. The predicted octanol–water partition coefficient (Wildman–Crippen LogP) is 2.52. The Morgan fingerprint density at radius 2 is 1.85 bits per heavy atom. The standard InChI is InChI=1S/C13H18BF3NO2/c1-8-9(6-12(19)20-13(2,3)4)5-10(18)7-11(8)14(15,16)17/h5,7H,6,18H2,1-4H3/q-1. The van der Waals surface area contributed by atoms with Crippen molar-refractivity contribution in [3.05, 3.63) is 23.3 Å². The van der Waals surface area contributed by atoms with Crippen LogP contribution in [0.3, 0.4) is 0 Å². The van der Waals surface area contributed by atoms with Crippen LogP contribution in [0.5, 0.6) is 0 Å². The van der Waals surface area contributed by atoms with Gasteiger partial charge in [0.15, 0.2) is 0 Å². The van der Waals surface area contributed by atoms with E-state index in [2.05, 4.69) is 0 Å². The summed E-state index contributed by atoms with van der Waals surface area (Å²) in [7, 11) is 0. The van der Waals surface area contributed by atoms with Crippen LogP contribution in [0.2, 0.25) is 0 Å². The summed E-state index contributed by atoms with van der Waals surface area (Å²) in [6.07, 6.45) is -0.229. The van der Waals surface area contributed by atoms with Crippen molar-refractivity contribution >= 4 is 24.1 Å². The van der Waals surface area contributed by atoms with Crippen LogP contribution in [0.15, 0.2) is 12.1 Å². The van der Waals surface area contributed by atoms with Crippen LogP contribution in [0.25, 0.3) is 0 Å². The van der Waals surface area contributed by atoms with Crippen molar-refractivity contribution in [1.29, 1.82) is 0 Å². The van der Waals surface area contributed by atoms with Crippen LogP contribution in [0, 0.1) is 6.92 Å². The first kappa shape index (κ1) is 16.4. The molecule has 0 heterocycles. The first-order chi connectivity index (χ1) is 8.90. The zero-order chi connectivity index (χ0) is 15.7. The summed E-state index contributed by atoms with van der Waals surface area (Å²) in [4.78, 5) is 11.7. The normalized spacial score (nSPS) is 12.3. The summed E-state index contributed by atoms with van der Waals surface area (Å²) in [6.45, 7) is 1.26. The van der Waals surface area contributed by atoms with Gasteiger partial charge in [-0.2, -0.15) is 0 Å². The fourth-order valence-corrected chi connectivity index (χ4v) is 1.88. The molecule has 0 spiro atoms. The Balaban J connectivity index is 3.08. The number of halogens is 3. The van der Waals surface area contributed by atoms with Crippen molar-refractivity contribution in [3.63, 3.8) is 0 Å². The minimum absolute atomic E-state index is 0.0108. The third-order valence-corrected chi connectivity index (χ3v) is 2.69. The van der Waals surface area contributed by atoms with Crippen molar-refractivity contribution in [2.24, 2.45) is 0 Å². The molecule has 0 aliphatic heterocycles. The minimum Gasteiger partial charge on any atom is -0.460 e. The fourth-order valence-electron chi connectivity index (χ4n) is 1.88. The number of carbonyl (C=O) groups excluding carboxylic acids is 1. The molecular formula is C13H18BF3NO2-. The van der Waals surface area contributed by atoms with Crippen LogP contribution >= 0.6 is 0 Å². The number of esters is 1. The minimum atomic E-state index is -5.16. The van der Waals surface area contributed by atoms with Crippen LogP contribution in [0.4, 0.5) is 18.6 Å². The second kappa shape index (κ2) is 5.38. The molecule has 1 aromatic rings. The Hall–Kier alpha value is -1.66. The van der Waals surface area contributed by atoms with Gasteiger partial charge in [0, 0.05) is 5.69 Å². The first-order valence-electron chi connectivity index (χ1n) is 6.21. The Labute approximate surface area is 116 Å². The van der Waals surface area contributed by atoms with Gasteiger partial charge < -0.3 is 23.4 Å². The van der Waals surface area contributed by atoms with Crippen LogP contribution in [-0.2, 0) is 16.0 Å². The lowest BCUT2D eigenvalue weighted by atomic mass is 9.75. The van der Waals surface area contributed by atoms with Gasteiger partial charge in [-0.1, -0.05) is 11.6 Å². The maximum absolute atomic E-state index is 12.9. The predicted molar refractivity (Wildman–Crippen MR) is 73.9 cm³/mol. The average Bonchev–Trinajstić information content (AvgIpc) is 2.18. The lowest BCUT2D eigenvalue weighted by molar-refractivity contribution is -0.153. The van der Waals surface area contributed by atoms with E-state index in [0.29, 0.717) is 0 Å². The van der Waals surface area contributed by atoms with Gasteiger partial charge in [-0.15, -0.1) is 5.46 Å². The largest absolute Gasteiger partial charge is 0.509 e. The molecule has 1 aromatic carbocycles. The fraction of sp³-hybridized carbons (Fsp3) is 0.462. The molecule has 0 fully saturated rings. The lowest BCUT2D eigenvalue weighted by Crippen LogP contribution is -2.37. The molecule has 0 saturated carbocycles. The van der Waals surface area contributed by atoms with Gasteiger partial charge >= 0.3 is 12.9 Å². The number of benzene rings is 1. The summed E-state index contributed by atoms with van der Waals surface area (Å²) in [5.74, 6) is -0.577. The molecule has 0 aliphatic rings. The van der Waals surface area contributed by atoms with E-state index < -0.39 is 24.0 Å². The van der Waals surface area contributed by atoms with E-state index in [0.717, 1.165) is 6.07 Å². The van der Waals surface area contributed by atoms with Gasteiger partial charge in [-0.05, 0) is 39.3 Å². The average molecular weight is 288 g/mol. The second-order valence-corrected chi connectivity index (χ2v) is 5.73. The van der Waals surface area contributed by atoms with Crippen molar-refractivity contribution in [2.75, 3.05) is 5.73 Å². The van der Waals surface area contributed by atoms with E-state index >= 15 is 0 Å².